The Bertz CT molecular complexity index is 336. The van der Waals surface area contributed by atoms with E-state index in [0.29, 0.717) is 0 Å². The molecule has 0 aromatic carbocycles. The predicted molar refractivity (Wildman–Crippen MR) is 45.5 cm³/mol. The van der Waals surface area contributed by atoms with Gasteiger partial charge in [-0.05, 0) is 12.1 Å². The molecule has 0 aliphatic rings. The standard InChI is InChI=1S/C8H7NOS/c10-5-7-4-6-2-1-3-9-8(6)11-7/h1-4,10H,5H2. The minimum atomic E-state index is 0.112. The second-order valence-electron chi connectivity index (χ2n) is 2.27. The molecule has 0 atom stereocenters. The Balaban J connectivity index is 2.69. The van der Waals surface area contributed by atoms with E-state index < -0.39 is 0 Å². The first-order valence-electron chi connectivity index (χ1n) is 3.34. The fourth-order valence-corrected chi connectivity index (χ4v) is 1.86. The first-order valence-corrected chi connectivity index (χ1v) is 4.16. The van der Waals surface area contributed by atoms with E-state index in [1.54, 1.807) is 6.20 Å². The number of hydrogen-bond donors (Lipinski definition) is 1. The van der Waals surface area contributed by atoms with E-state index in [1.165, 1.54) is 11.3 Å². The van der Waals surface area contributed by atoms with E-state index >= 15 is 0 Å². The number of rotatable bonds is 1. The maximum Gasteiger partial charge on any atom is 0.123 e. The van der Waals surface area contributed by atoms with Gasteiger partial charge in [0.2, 0.25) is 0 Å². The molecule has 2 heterocycles. The summed E-state index contributed by atoms with van der Waals surface area (Å²) < 4.78 is 0. The number of fused-ring (bicyclic) bond motifs is 1. The van der Waals surface area contributed by atoms with Crippen LogP contribution >= 0.6 is 11.3 Å². The van der Waals surface area contributed by atoms with Crippen molar-refractivity contribution in [3.05, 3.63) is 29.3 Å². The first-order chi connectivity index (χ1) is 5.40. The minimum absolute atomic E-state index is 0.112. The Morgan fingerprint density at radius 1 is 1.55 bits per heavy atom. The molecular weight excluding hydrogens is 158 g/mol. The molecule has 0 bridgehead atoms. The van der Waals surface area contributed by atoms with Crippen molar-refractivity contribution >= 4 is 21.6 Å². The maximum absolute atomic E-state index is 8.82. The van der Waals surface area contributed by atoms with Crippen molar-refractivity contribution in [2.75, 3.05) is 0 Å². The van der Waals surface area contributed by atoms with Crippen molar-refractivity contribution in [3.63, 3.8) is 0 Å². The molecular formula is C8H7NOS. The molecule has 0 saturated heterocycles. The summed E-state index contributed by atoms with van der Waals surface area (Å²) in [6, 6.07) is 5.86. The van der Waals surface area contributed by atoms with E-state index in [2.05, 4.69) is 4.98 Å². The van der Waals surface area contributed by atoms with Gasteiger partial charge >= 0.3 is 0 Å². The number of hydrogen-bond acceptors (Lipinski definition) is 3. The molecule has 0 radical (unpaired) electrons. The van der Waals surface area contributed by atoms with E-state index in [-0.39, 0.29) is 6.61 Å². The molecule has 1 N–H and O–H groups in total. The number of aliphatic hydroxyl groups excluding tert-OH is 1. The molecule has 2 aromatic heterocycles. The Labute approximate surface area is 68.1 Å². The van der Waals surface area contributed by atoms with Crippen LogP contribution in [-0.2, 0) is 6.61 Å². The zero-order valence-electron chi connectivity index (χ0n) is 5.82. The summed E-state index contributed by atoms with van der Waals surface area (Å²) in [5.74, 6) is 0. The van der Waals surface area contributed by atoms with Gasteiger partial charge in [-0.3, -0.25) is 0 Å². The molecule has 0 amide bonds. The van der Waals surface area contributed by atoms with Crippen LogP contribution in [0.3, 0.4) is 0 Å². The zero-order valence-corrected chi connectivity index (χ0v) is 6.64. The van der Waals surface area contributed by atoms with Gasteiger partial charge in [0.05, 0.1) is 6.61 Å². The number of aromatic nitrogens is 1. The van der Waals surface area contributed by atoms with Gasteiger partial charge in [0.15, 0.2) is 0 Å². The van der Waals surface area contributed by atoms with Crippen molar-refractivity contribution in [2.24, 2.45) is 0 Å². The molecule has 0 unspecified atom stereocenters. The largest absolute Gasteiger partial charge is 0.391 e. The second kappa shape index (κ2) is 2.60. The summed E-state index contributed by atoms with van der Waals surface area (Å²) in [5.41, 5.74) is 0. The van der Waals surface area contributed by atoms with E-state index in [1.807, 2.05) is 18.2 Å². The van der Waals surface area contributed by atoms with Gasteiger partial charge in [-0.25, -0.2) is 4.98 Å². The van der Waals surface area contributed by atoms with Crippen LogP contribution in [0.1, 0.15) is 4.88 Å². The lowest BCUT2D eigenvalue weighted by atomic mass is 10.3. The highest BCUT2D eigenvalue weighted by atomic mass is 32.1. The summed E-state index contributed by atoms with van der Waals surface area (Å²) >= 11 is 1.54. The molecule has 2 aromatic rings. The topological polar surface area (TPSA) is 33.1 Å². The lowest BCUT2D eigenvalue weighted by molar-refractivity contribution is 0.285. The fraction of sp³-hybridized carbons (Fsp3) is 0.125. The maximum atomic E-state index is 8.82. The smallest absolute Gasteiger partial charge is 0.123 e. The lowest BCUT2D eigenvalue weighted by Crippen LogP contribution is -1.69. The Hall–Kier alpha value is -0.930. The first kappa shape index (κ1) is 6.76. The van der Waals surface area contributed by atoms with Crippen LogP contribution < -0.4 is 0 Å². The summed E-state index contributed by atoms with van der Waals surface area (Å²) in [7, 11) is 0. The monoisotopic (exact) mass is 165 g/mol. The molecule has 0 spiro atoms. The molecule has 0 fully saturated rings. The molecule has 56 valence electrons. The third-order valence-corrected chi connectivity index (χ3v) is 2.54. The number of aliphatic hydroxyl groups is 1. The Morgan fingerprint density at radius 2 is 2.45 bits per heavy atom. The van der Waals surface area contributed by atoms with Crippen LogP contribution in [0.2, 0.25) is 0 Å². The summed E-state index contributed by atoms with van der Waals surface area (Å²) in [4.78, 5) is 6.13. The van der Waals surface area contributed by atoms with Crippen LogP contribution in [0.5, 0.6) is 0 Å². The summed E-state index contributed by atoms with van der Waals surface area (Å²) in [5, 5.41) is 9.93. The summed E-state index contributed by atoms with van der Waals surface area (Å²) in [6.07, 6.45) is 1.76. The Kier molecular flexibility index (Phi) is 1.60. The fourth-order valence-electron chi connectivity index (χ4n) is 1.00. The van der Waals surface area contributed by atoms with Gasteiger partial charge in [0.25, 0.3) is 0 Å². The number of thiophene rings is 1. The van der Waals surface area contributed by atoms with Crippen LogP contribution in [-0.4, -0.2) is 10.1 Å². The second-order valence-corrected chi connectivity index (χ2v) is 3.38. The molecule has 3 heteroatoms. The van der Waals surface area contributed by atoms with Crippen LogP contribution in [0.4, 0.5) is 0 Å². The van der Waals surface area contributed by atoms with Crippen molar-refractivity contribution in [3.8, 4) is 0 Å². The van der Waals surface area contributed by atoms with Gasteiger partial charge in [0.1, 0.15) is 4.83 Å². The molecule has 2 nitrogen and oxygen atoms in total. The van der Waals surface area contributed by atoms with Crippen LogP contribution in [0.25, 0.3) is 10.2 Å². The highest BCUT2D eigenvalue weighted by molar-refractivity contribution is 7.18. The summed E-state index contributed by atoms with van der Waals surface area (Å²) in [6.45, 7) is 0.112. The van der Waals surface area contributed by atoms with Crippen molar-refractivity contribution < 1.29 is 5.11 Å². The average molecular weight is 165 g/mol. The molecule has 11 heavy (non-hydrogen) atoms. The minimum Gasteiger partial charge on any atom is -0.391 e. The Morgan fingerprint density at radius 3 is 3.18 bits per heavy atom. The zero-order chi connectivity index (χ0) is 7.68. The average Bonchev–Trinajstić information content (AvgIpc) is 2.46. The SMILES string of the molecule is OCc1cc2cccnc2s1. The number of nitrogens with zero attached hydrogens (tertiary/aromatic N) is 1. The predicted octanol–water partition coefficient (Wildman–Crippen LogP) is 1.79. The quantitative estimate of drug-likeness (QED) is 0.698. The highest BCUT2D eigenvalue weighted by Gasteiger charge is 1.98. The van der Waals surface area contributed by atoms with E-state index in [0.717, 1.165) is 15.1 Å². The third kappa shape index (κ3) is 1.13. The molecule has 0 aliphatic carbocycles. The van der Waals surface area contributed by atoms with Crippen molar-refractivity contribution in [1.82, 2.24) is 4.98 Å². The highest BCUT2D eigenvalue weighted by Crippen LogP contribution is 2.22. The van der Waals surface area contributed by atoms with Gasteiger partial charge in [0, 0.05) is 16.5 Å². The lowest BCUT2D eigenvalue weighted by Gasteiger charge is -1.81. The van der Waals surface area contributed by atoms with Gasteiger partial charge in [-0.15, -0.1) is 11.3 Å². The molecule has 2 rings (SSSR count). The van der Waals surface area contributed by atoms with Crippen LogP contribution in [0, 0.1) is 0 Å². The van der Waals surface area contributed by atoms with Gasteiger partial charge in [-0.1, -0.05) is 6.07 Å². The van der Waals surface area contributed by atoms with Crippen molar-refractivity contribution in [2.45, 2.75) is 6.61 Å². The van der Waals surface area contributed by atoms with Crippen molar-refractivity contribution in [1.29, 1.82) is 0 Å². The van der Waals surface area contributed by atoms with Gasteiger partial charge in [-0.2, -0.15) is 0 Å². The third-order valence-electron chi connectivity index (χ3n) is 1.50. The normalized spacial score (nSPS) is 10.6. The van der Waals surface area contributed by atoms with Gasteiger partial charge < -0.3 is 5.11 Å². The van der Waals surface area contributed by atoms with E-state index in [4.69, 9.17) is 5.11 Å². The molecule has 0 aliphatic heterocycles. The molecule has 0 saturated carbocycles. The van der Waals surface area contributed by atoms with E-state index in [9.17, 15) is 0 Å². The number of pyridine rings is 1. The van der Waals surface area contributed by atoms with Crippen LogP contribution in [0.15, 0.2) is 24.4 Å².